The first kappa shape index (κ1) is 10.5. The van der Waals surface area contributed by atoms with E-state index in [1.165, 1.54) is 11.1 Å². The number of aliphatic hydroxyl groups is 1. The lowest BCUT2D eigenvalue weighted by Gasteiger charge is -2.27. The molecule has 0 saturated carbocycles. The summed E-state index contributed by atoms with van der Waals surface area (Å²) in [6.45, 7) is 1.71. The van der Waals surface area contributed by atoms with E-state index >= 15 is 0 Å². The van der Waals surface area contributed by atoms with Gasteiger partial charge in [0.25, 0.3) is 0 Å². The summed E-state index contributed by atoms with van der Waals surface area (Å²) in [7, 11) is 0. The van der Waals surface area contributed by atoms with Crippen molar-refractivity contribution < 1.29 is 9.63 Å². The lowest BCUT2D eigenvalue weighted by Crippen LogP contribution is -2.19. The number of aliphatic hydroxyl groups excluding tert-OH is 1. The molecule has 0 saturated heterocycles. The van der Waals surface area contributed by atoms with Gasteiger partial charge in [0.15, 0.2) is 5.82 Å². The van der Waals surface area contributed by atoms with Crippen LogP contribution in [0.4, 0.5) is 0 Å². The molecule has 0 bridgehead atoms. The third-order valence-electron chi connectivity index (χ3n) is 3.12. The molecule has 1 heterocycles. The third kappa shape index (κ3) is 1.85. The van der Waals surface area contributed by atoms with Crippen molar-refractivity contribution in [2.24, 2.45) is 0 Å². The van der Waals surface area contributed by atoms with E-state index in [2.05, 4.69) is 22.3 Å². The maximum atomic E-state index is 9.25. The van der Waals surface area contributed by atoms with Crippen molar-refractivity contribution in [2.45, 2.75) is 31.8 Å². The Morgan fingerprint density at radius 2 is 2.29 bits per heavy atom. The molecular formula is C13H14N2O2. The van der Waals surface area contributed by atoms with Crippen LogP contribution in [0.25, 0.3) is 0 Å². The highest BCUT2D eigenvalue weighted by atomic mass is 16.5. The molecule has 1 aromatic heterocycles. The second kappa shape index (κ2) is 3.96. The smallest absolute Gasteiger partial charge is 0.229 e. The van der Waals surface area contributed by atoms with E-state index in [1.807, 2.05) is 12.1 Å². The summed E-state index contributed by atoms with van der Waals surface area (Å²) in [6, 6.07) is 8.31. The molecule has 0 aliphatic heterocycles. The molecule has 17 heavy (non-hydrogen) atoms. The van der Waals surface area contributed by atoms with Crippen LogP contribution in [0.3, 0.4) is 0 Å². The van der Waals surface area contributed by atoms with Gasteiger partial charge in [0.05, 0.1) is 18.4 Å². The Morgan fingerprint density at radius 3 is 3.06 bits per heavy atom. The molecule has 0 radical (unpaired) electrons. The zero-order valence-corrected chi connectivity index (χ0v) is 9.63. The molecule has 4 nitrogen and oxygen atoms in total. The predicted molar refractivity (Wildman–Crippen MR) is 61.7 cm³/mol. The van der Waals surface area contributed by atoms with Crippen molar-refractivity contribution in [3.8, 4) is 0 Å². The van der Waals surface area contributed by atoms with Crippen LogP contribution in [0.2, 0.25) is 0 Å². The molecule has 0 amide bonds. The lowest BCUT2D eigenvalue weighted by molar-refractivity contribution is 0.181. The summed E-state index contributed by atoms with van der Waals surface area (Å²) in [5, 5.41) is 13.2. The van der Waals surface area contributed by atoms with Crippen molar-refractivity contribution in [3.05, 3.63) is 47.1 Å². The van der Waals surface area contributed by atoms with Gasteiger partial charge >= 0.3 is 0 Å². The first-order chi connectivity index (χ1) is 8.24. The minimum Gasteiger partial charge on any atom is -0.393 e. The zero-order valence-electron chi connectivity index (χ0n) is 9.63. The fraction of sp³-hybridized carbons (Fsp3) is 0.385. The molecule has 1 aliphatic carbocycles. The van der Waals surface area contributed by atoms with E-state index in [9.17, 15) is 5.11 Å². The number of rotatable bonds is 3. The molecule has 4 heteroatoms. The van der Waals surface area contributed by atoms with Gasteiger partial charge in [0.2, 0.25) is 5.89 Å². The van der Waals surface area contributed by atoms with Gasteiger partial charge in [-0.1, -0.05) is 29.4 Å². The summed E-state index contributed by atoms with van der Waals surface area (Å²) in [4.78, 5) is 4.33. The molecule has 1 N–H and O–H groups in total. The highest BCUT2D eigenvalue weighted by Gasteiger charge is 2.30. The molecule has 3 rings (SSSR count). The molecule has 1 aliphatic rings. The second-order valence-electron chi connectivity index (χ2n) is 4.55. The van der Waals surface area contributed by atoms with Crippen LogP contribution >= 0.6 is 0 Å². The zero-order chi connectivity index (χ0) is 11.8. The van der Waals surface area contributed by atoms with Crippen LogP contribution in [0.15, 0.2) is 28.8 Å². The Hall–Kier alpha value is -1.68. The van der Waals surface area contributed by atoms with E-state index in [4.69, 9.17) is 4.52 Å². The maximum Gasteiger partial charge on any atom is 0.229 e. The Labute approximate surface area is 99.3 Å². The number of aromatic nitrogens is 2. The van der Waals surface area contributed by atoms with Gasteiger partial charge in [-0.3, -0.25) is 0 Å². The van der Waals surface area contributed by atoms with Gasteiger partial charge in [-0.15, -0.1) is 0 Å². The first-order valence-electron chi connectivity index (χ1n) is 5.82. The summed E-state index contributed by atoms with van der Waals surface area (Å²) in [5.41, 5.74) is 2.65. The SMILES string of the molecule is CC(O)Cc1nc(C2Cc3ccccc32)no1. The van der Waals surface area contributed by atoms with Crippen LogP contribution in [-0.2, 0) is 12.8 Å². The summed E-state index contributed by atoms with van der Waals surface area (Å²) in [5.74, 6) is 1.51. The van der Waals surface area contributed by atoms with Gasteiger partial charge in [0, 0.05) is 0 Å². The minimum absolute atomic E-state index is 0.262. The number of hydrogen-bond donors (Lipinski definition) is 1. The number of fused-ring (bicyclic) bond motifs is 1. The topological polar surface area (TPSA) is 59.2 Å². The van der Waals surface area contributed by atoms with Crippen molar-refractivity contribution in [1.82, 2.24) is 10.1 Å². The summed E-state index contributed by atoms with van der Waals surface area (Å²) < 4.78 is 5.13. The van der Waals surface area contributed by atoms with Gasteiger partial charge in [-0.25, -0.2) is 0 Å². The van der Waals surface area contributed by atoms with Gasteiger partial charge in [-0.05, 0) is 24.5 Å². The van der Waals surface area contributed by atoms with Crippen molar-refractivity contribution in [2.75, 3.05) is 0 Å². The number of nitrogens with zero attached hydrogens (tertiary/aromatic N) is 2. The minimum atomic E-state index is -0.447. The van der Waals surface area contributed by atoms with Crippen LogP contribution in [0, 0.1) is 0 Å². The molecule has 2 aromatic rings. The average molecular weight is 230 g/mol. The van der Waals surface area contributed by atoms with Gasteiger partial charge in [-0.2, -0.15) is 4.98 Å². The van der Waals surface area contributed by atoms with Gasteiger partial charge < -0.3 is 9.63 Å². The first-order valence-corrected chi connectivity index (χ1v) is 5.82. The Bertz CT molecular complexity index is 534. The van der Waals surface area contributed by atoms with Crippen LogP contribution < -0.4 is 0 Å². The van der Waals surface area contributed by atoms with E-state index in [0.29, 0.717) is 12.3 Å². The molecule has 2 atom stereocenters. The molecule has 2 unspecified atom stereocenters. The highest BCUT2D eigenvalue weighted by molar-refractivity contribution is 5.43. The molecule has 88 valence electrons. The fourth-order valence-corrected chi connectivity index (χ4v) is 2.23. The standard InChI is InChI=1S/C13H14N2O2/c1-8(16)6-12-14-13(15-17-12)11-7-9-4-2-3-5-10(9)11/h2-5,8,11,16H,6-7H2,1H3. The summed E-state index contributed by atoms with van der Waals surface area (Å²) in [6.07, 6.45) is 0.947. The van der Waals surface area contributed by atoms with Gasteiger partial charge in [0.1, 0.15) is 0 Å². The quantitative estimate of drug-likeness (QED) is 0.871. The third-order valence-corrected chi connectivity index (χ3v) is 3.12. The van der Waals surface area contributed by atoms with E-state index in [0.717, 1.165) is 12.2 Å². The van der Waals surface area contributed by atoms with E-state index < -0.39 is 6.10 Å². The normalized spacial score (nSPS) is 19.5. The van der Waals surface area contributed by atoms with Crippen molar-refractivity contribution >= 4 is 0 Å². The fourth-order valence-electron chi connectivity index (χ4n) is 2.23. The molecular weight excluding hydrogens is 216 g/mol. The lowest BCUT2D eigenvalue weighted by atomic mass is 9.77. The second-order valence-corrected chi connectivity index (χ2v) is 4.55. The maximum absolute atomic E-state index is 9.25. The largest absolute Gasteiger partial charge is 0.393 e. The van der Waals surface area contributed by atoms with E-state index in [1.54, 1.807) is 6.92 Å². The van der Waals surface area contributed by atoms with Crippen molar-refractivity contribution in [3.63, 3.8) is 0 Å². The van der Waals surface area contributed by atoms with Crippen LogP contribution in [-0.4, -0.2) is 21.4 Å². The monoisotopic (exact) mass is 230 g/mol. The average Bonchev–Trinajstić information content (AvgIpc) is 2.67. The Kier molecular flexibility index (Phi) is 2.44. The van der Waals surface area contributed by atoms with Crippen LogP contribution in [0.5, 0.6) is 0 Å². The van der Waals surface area contributed by atoms with E-state index in [-0.39, 0.29) is 5.92 Å². The molecule has 0 fully saturated rings. The Balaban J connectivity index is 1.81. The number of hydrogen-bond acceptors (Lipinski definition) is 4. The predicted octanol–water partition coefficient (Wildman–Crippen LogP) is 1.68. The van der Waals surface area contributed by atoms with Crippen molar-refractivity contribution in [1.29, 1.82) is 0 Å². The molecule has 1 aromatic carbocycles. The highest BCUT2D eigenvalue weighted by Crippen LogP contribution is 2.38. The Morgan fingerprint density at radius 1 is 1.47 bits per heavy atom. The van der Waals surface area contributed by atoms with Crippen LogP contribution in [0.1, 0.15) is 35.7 Å². The molecule has 0 spiro atoms. The summed E-state index contributed by atoms with van der Waals surface area (Å²) >= 11 is 0. The number of benzene rings is 1.